The van der Waals surface area contributed by atoms with Crippen LogP contribution in [0.1, 0.15) is 11.1 Å². The van der Waals surface area contributed by atoms with Crippen molar-refractivity contribution < 1.29 is 26.7 Å². The topological polar surface area (TPSA) is 45.9 Å². The van der Waals surface area contributed by atoms with Crippen LogP contribution in [0.2, 0.25) is 0 Å². The van der Waals surface area contributed by atoms with E-state index in [-0.39, 0.29) is 27.8 Å². The predicted molar refractivity (Wildman–Crippen MR) is 97.8 cm³/mol. The summed E-state index contributed by atoms with van der Waals surface area (Å²) in [4.78, 5) is 4.51. The van der Waals surface area contributed by atoms with Crippen molar-refractivity contribution >= 4 is 11.8 Å². The second-order valence-corrected chi connectivity index (χ2v) is 6.79. The molecule has 0 saturated heterocycles. The summed E-state index contributed by atoms with van der Waals surface area (Å²) < 4.78 is 68.8. The van der Waals surface area contributed by atoms with Crippen LogP contribution in [0.25, 0.3) is 11.3 Å². The fourth-order valence-corrected chi connectivity index (χ4v) is 2.98. The van der Waals surface area contributed by atoms with Crippen LogP contribution in [0.4, 0.5) is 22.0 Å². The highest BCUT2D eigenvalue weighted by Gasteiger charge is 2.30. The minimum absolute atomic E-state index is 0.0122. The molecule has 9 heteroatoms. The first kappa shape index (κ1) is 20.6. The number of nitrogens with zero attached hydrogens (tertiary/aromatic N) is 2. The molecule has 0 amide bonds. The number of nitriles is 1. The lowest BCUT2D eigenvalue weighted by Crippen LogP contribution is -2.04. The van der Waals surface area contributed by atoms with E-state index < -0.39 is 17.5 Å². The van der Waals surface area contributed by atoms with Crippen LogP contribution in [0.15, 0.2) is 65.6 Å². The Kier molecular flexibility index (Phi) is 6.03. The number of hydrogen-bond donors (Lipinski definition) is 0. The Morgan fingerprint density at radius 3 is 2.34 bits per heavy atom. The second-order valence-electron chi connectivity index (χ2n) is 5.72. The summed E-state index contributed by atoms with van der Waals surface area (Å²) in [5.41, 5.74) is -0.0154. The number of rotatable bonds is 5. The van der Waals surface area contributed by atoms with E-state index in [9.17, 15) is 27.2 Å². The molecule has 0 spiro atoms. The van der Waals surface area contributed by atoms with Gasteiger partial charge in [-0.2, -0.15) is 27.2 Å². The summed E-state index contributed by atoms with van der Waals surface area (Å²) in [6.45, 7) is 0. The van der Waals surface area contributed by atoms with Crippen molar-refractivity contribution in [3.8, 4) is 29.0 Å². The van der Waals surface area contributed by atoms with Gasteiger partial charge in [-0.15, -0.1) is 0 Å². The van der Waals surface area contributed by atoms with Gasteiger partial charge in [0.15, 0.2) is 0 Å². The maximum absolute atomic E-state index is 12.7. The Bertz CT molecular complexity index is 1050. The van der Waals surface area contributed by atoms with Gasteiger partial charge >= 0.3 is 6.18 Å². The predicted octanol–water partition coefficient (Wildman–Crippen LogP) is 6.75. The van der Waals surface area contributed by atoms with Gasteiger partial charge in [-0.3, -0.25) is 0 Å². The van der Waals surface area contributed by atoms with E-state index in [0.29, 0.717) is 17.3 Å². The molecule has 29 heavy (non-hydrogen) atoms. The third-order valence-electron chi connectivity index (χ3n) is 3.69. The minimum atomic E-state index is -4.46. The quantitative estimate of drug-likeness (QED) is 0.337. The fourth-order valence-electron chi connectivity index (χ4n) is 2.43. The molecule has 3 nitrogen and oxygen atoms in total. The normalized spacial score (nSPS) is 11.3. The van der Waals surface area contributed by atoms with Crippen LogP contribution >= 0.6 is 11.8 Å². The molecule has 0 bridgehead atoms. The highest BCUT2D eigenvalue weighted by molar-refractivity contribution is 7.99. The van der Waals surface area contributed by atoms with Crippen molar-refractivity contribution in [3.05, 3.63) is 71.8 Å². The van der Waals surface area contributed by atoms with E-state index in [1.807, 2.05) is 6.07 Å². The van der Waals surface area contributed by atoms with E-state index in [1.165, 1.54) is 48.5 Å². The highest BCUT2D eigenvalue weighted by atomic mass is 32.2. The average Bonchev–Trinajstić information content (AvgIpc) is 2.67. The number of halogens is 5. The summed E-state index contributed by atoms with van der Waals surface area (Å²) in [6.07, 6.45) is -4.46. The van der Waals surface area contributed by atoms with Crippen molar-refractivity contribution in [3.63, 3.8) is 0 Å². The van der Waals surface area contributed by atoms with E-state index in [2.05, 4.69) is 4.98 Å². The lowest BCUT2D eigenvalue weighted by Gasteiger charge is -2.10. The van der Waals surface area contributed by atoms with Crippen LogP contribution in [0.5, 0.6) is 11.6 Å². The van der Waals surface area contributed by atoms with Crippen molar-refractivity contribution in [1.29, 1.82) is 5.26 Å². The largest absolute Gasteiger partial charge is 0.439 e. The van der Waals surface area contributed by atoms with Crippen molar-refractivity contribution in [2.24, 2.45) is 0 Å². The van der Waals surface area contributed by atoms with Crippen molar-refractivity contribution in [2.75, 3.05) is 0 Å². The number of ether oxygens (including phenoxy) is 1. The maximum Gasteiger partial charge on any atom is 0.416 e. The monoisotopic (exact) mass is 422 g/mol. The van der Waals surface area contributed by atoms with Crippen LogP contribution in [-0.2, 0) is 6.18 Å². The average molecular weight is 422 g/mol. The Balaban J connectivity index is 1.91. The van der Waals surface area contributed by atoms with Crippen molar-refractivity contribution in [2.45, 2.75) is 16.8 Å². The molecule has 0 N–H and O–H groups in total. The molecule has 0 aliphatic rings. The highest BCUT2D eigenvalue weighted by Crippen LogP contribution is 2.33. The second kappa shape index (κ2) is 8.49. The number of alkyl halides is 5. The zero-order valence-corrected chi connectivity index (χ0v) is 15.3. The van der Waals surface area contributed by atoms with Crippen LogP contribution in [-0.4, -0.2) is 10.7 Å². The van der Waals surface area contributed by atoms with Gasteiger partial charge in [0.2, 0.25) is 5.88 Å². The van der Waals surface area contributed by atoms with Crippen LogP contribution in [0, 0.1) is 11.3 Å². The van der Waals surface area contributed by atoms with Crippen molar-refractivity contribution in [1.82, 2.24) is 4.98 Å². The van der Waals surface area contributed by atoms with Gasteiger partial charge in [-0.05, 0) is 36.4 Å². The third-order valence-corrected chi connectivity index (χ3v) is 4.40. The summed E-state index contributed by atoms with van der Waals surface area (Å²) >= 11 is 0.356. The molecular weight excluding hydrogens is 411 g/mol. The van der Waals surface area contributed by atoms with Gasteiger partial charge in [0.25, 0.3) is 5.76 Å². The first-order valence-electron chi connectivity index (χ1n) is 8.07. The number of aromatic nitrogens is 1. The molecule has 3 rings (SSSR count). The van der Waals surface area contributed by atoms with Crippen LogP contribution in [0.3, 0.4) is 0 Å². The Hall–Kier alpha value is -3.12. The molecule has 0 unspecified atom stereocenters. The SMILES string of the molecule is N#Cc1cc(Oc2cccc(SC(F)F)c2)nc(-c2ccc(C(F)(F)F)cc2)c1. The van der Waals surface area contributed by atoms with Crippen LogP contribution < -0.4 is 4.74 Å². The summed E-state index contributed by atoms with van der Waals surface area (Å²) in [5, 5.41) is 9.22. The number of hydrogen-bond acceptors (Lipinski definition) is 4. The van der Waals surface area contributed by atoms with Gasteiger partial charge < -0.3 is 4.74 Å². The number of pyridine rings is 1. The lowest BCUT2D eigenvalue weighted by molar-refractivity contribution is -0.137. The Labute approximate surface area is 166 Å². The minimum Gasteiger partial charge on any atom is -0.439 e. The van der Waals surface area contributed by atoms with E-state index >= 15 is 0 Å². The number of thioether (sulfide) groups is 1. The van der Waals surface area contributed by atoms with Gasteiger partial charge in [-0.25, -0.2) is 4.98 Å². The number of benzene rings is 2. The molecule has 148 valence electrons. The molecule has 0 radical (unpaired) electrons. The molecule has 0 aliphatic heterocycles. The van der Waals surface area contributed by atoms with E-state index in [4.69, 9.17) is 4.74 Å². The Morgan fingerprint density at radius 2 is 1.72 bits per heavy atom. The molecule has 1 aromatic heterocycles. The Morgan fingerprint density at radius 1 is 1.00 bits per heavy atom. The van der Waals surface area contributed by atoms with Gasteiger partial charge in [0.1, 0.15) is 5.75 Å². The molecule has 0 saturated carbocycles. The standard InChI is InChI=1S/C20H11F5N2OS/c21-19(22)29-16-3-1-2-15(10-16)28-18-9-12(11-26)8-17(27-18)13-4-6-14(7-5-13)20(23,24)25/h1-10,19H. The van der Waals surface area contributed by atoms with Gasteiger partial charge in [-0.1, -0.05) is 30.0 Å². The van der Waals surface area contributed by atoms with E-state index in [1.54, 1.807) is 0 Å². The molecular formula is C20H11F5N2OS. The first-order chi connectivity index (χ1) is 13.7. The molecule has 3 aromatic rings. The maximum atomic E-state index is 12.7. The fraction of sp³-hybridized carbons (Fsp3) is 0.100. The zero-order valence-electron chi connectivity index (χ0n) is 14.5. The molecule has 1 heterocycles. The summed E-state index contributed by atoms with van der Waals surface area (Å²) in [6, 6.07) is 15.0. The summed E-state index contributed by atoms with van der Waals surface area (Å²) in [7, 11) is 0. The third kappa shape index (κ3) is 5.45. The molecule has 0 atom stereocenters. The molecule has 0 aliphatic carbocycles. The lowest BCUT2D eigenvalue weighted by atomic mass is 10.1. The van der Waals surface area contributed by atoms with Gasteiger partial charge in [0, 0.05) is 16.5 Å². The van der Waals surface area contributed by atoms with E-state index in [0.717, 1.165) is 12.1 Å². The first-order valence-corrected chi connectivity index (χ1v) is 8.95. The molecule has 2 aromatic carbocycles. The smallest absolute Gasteiger partial charge is 0.416 e. The molecule has 0 fully saturated rings. The van der Waals surface area contributed by atoms with Gasteiger partial charge in [0.05, 0.1) is 22.9 Å². The summed E-state index contributed by atoms with van der Waals surface area (Å²) in [5.74, 6) is -2.34. The zero-order chi connectivity index (χ0) is 21.0.